The highest BCUT2D eigenvalue weighted by molar-refractivity contribution is 9.10. The topological polar surface area (TPSA) is 85.4 Å². The van der Waals surface area contributed by atoms with E-state index in [1.807, 2.05) is 54.6 Å². The molecule has 33 heavy (non-hydrogen) atoms. The fourth-order valence-corrected chi connectivity index (χ4v) is 4.17. The molecule has 0 saturated carbocycles. The van der Waals surface area contributed by atoms with Gasteiger partial charge in [0.15, 0.2) is 17.2 Å². The number of azo groups is 1. The van der Waals surface area contributed by atoms with Gasteiger partial charge in [-0.2, -0.15) is 0 Å². The Morgan fingerprint density at radius 2 is 1.82 bits per heavy atom. The van der Waals surface area contributed by atoms with Crippen LogP contribution in [0, 0.1) is 0 Å². The van der Waals surface area contributed by atoms with Crippen LogP contribution in [-0.4, -0.2) is 28.3 Å². The van der Waals surface area contributed by atoms with Crippen LogP contribution in [0.2, 0.25) is 0 Å². The van der Waals surface area contributed by atoms with E-state index in [1.54, 1.807) is 22.8 Å². The Bertz CT molecular complexity index is 1350. The van der Waals surface area contributed by atoms with E-state index in [0.717, 1.165) is 22.0 Å². The number of halogens is 1. The maximum atomic E-state index is 12.6. The van der Waals surface area contributed by atoms with Gasteiger partial charge in [0.2, 0.25) is 12.0 Å². The lowest BCUT2D eigenvalue weighted by molar-refractivity contribution is -0.127. The van der Waals surface area contributed by atoms with E-state index in [2.05, 4.69) is 26.2 Å². The Balaban J connectivity index is 1.41. The monoisotopic (exact) mass is 505 g/mol. The first-order valence-electron chi connectivity index (χ1n) is 10.5. The van der Waals surface area contributed by atoms with Crippen LogP contribution in [0.3, 0.4) is 0 Å². The third-order valence-electron chi connectivity index (χ3n) is 5.47. The third-order valence-corrected chi connectivity index (χ3v) is 5.96. The number of aromatic hydroxyl groups is 1. The second-order valence-electron chi connectivity index (χ2n) is 7.62. The Labute approximate surface area is 198 Å². The van der Waals surface area contributed by atoms with Crippen molar-refractivity contribution in [1.29, 1.82) is 0 Å². The first-order valence-corrected chi connectivity index (χ1v) is 11.3. The largest absolute Gasteiger partial charge is 0.493 e. The molecule has 3 aromatic carbocycles. The number of nitrogens with zero attached hydrogens (tertiary/aromatic N) is 3. The molecule has 0 fully saturated rings. The first-order chi connectivity index (χ1) is 16.1. The summed E-state index contributed by atoms with van der Waals surface area (Å²) in [4.78, 5) is 12.6. The maximum Gasteiger partial charge on any atom is 0.308 e. The molecule has 0 unspecified atom stereocenters. The molecule has 1 aliphatic heterocycles. The number of benzene rings is 3. The standard InChI is InChI=1S/C25H20BrN3O4/c26-17-10-11-19-18(14-17)23(25(31)29(19)13-12-16-6-2-1-3-7-16)27-28-24(30)22-15-32-20-8-4-5-9-21(20)33-22/h1-11,14,22,31H,12-13,15H2/t22-/m1/s1. The number of ether oxygens (including phenoxy) is 2. The third kappa shape index (κ3) is 4.34. The van der Waals surface area contributed by atoms with Gasteiger partial charge in [-0.3, -0.25) is 4.79 Å². The second kappa shape index (κ2) is 9.07. The summed E-state index contributed by atoms with van der Waals surface area (Å²) in [6, 6.07) is 22.8. The van der Waals surface area contributed by atoms with E-state index < -0.39 is 12.0 Å². The fourth-order valence-electron chi connectivity index (χ4n) is 3.81. The summed E-state index contributed by atoms with van der Waals surface area (Å²) in [6.45, 7) is 0.596. The number of hydrogen-bond donors (Lipinski definition) is 1. The van der Waals surface area contributed by atoms with E-state index in [1.165, 1.54) is 0 Å². The molecular weight excluding hydrogens is 486 g/mol. The molecule has 1 aromatic heterocycles. The number of hydrogen-bond acceptors (Lipinski definition) is 5. The molecule has 4 aromatic rings. The zero-order valence-corrected chi connectivity index (χ0v) is 19.1. The van der Waals surface area contributed by atoms with Crippen LogP contribution in [0.5, 0.6) is 17.4 Å². The number of carbonyl (C=O) groups is 1. The molecule has 2 heterocycles. The van der Waals surface area contributed by atoms with Crippen molar-refractivity contribution in [3.63, 3.8) is 0 Å². The Kier molecular flexibility index (Phi) is 5.83. The quantitative estimate of drug-likeness (QED) is 0.347. The summed E-state index contributed by atoms with van der Waals surface area (Å²) in [6.07, 6.45) is -0.167. The van der Waals surface area contributed by atoms with Gasteiger partial charge < -0.3 is 19.1 Å². The van der Waals surface area contributed by atoms with Gasteiger partial charge in [-0.15, -0.1) is 10.2 Å². The highest BCUT2D eigenvalue weighted by atomic mass is 79.9. The predicted octanol–water partition coefficient (Wildman–Crippen LogP) is 5.80. The first kappa shape index (κ1) is 21.2. The molecule has 1 N–H and O–H groups in total. The number of rotatable bonds is 5. The number of carbonyl (C=O) groups excluding carboxylic acids is 1. The van der Waals surface area contributed by atoms with Gasteiger partial charge in [0.05, 0.1) is 5.52 Å². The van der Waals surface area contributed by atoms with Crippen LogP contribution in [-0.2, 0) is 17.8 Å². The lowest BCUT2D eigenvalue weighted by Gasteiger charge is -2.23. The molecule has 1 aliphatic rings. The lowest BCUT2D eigenvalue weighted by atomic mass is 10.1. The van der Waals surface area contributed by atoms with E-state index in [-0.39, 0.29) is 18.2 Å². The molecule has 0 spiro atoms. The van der Waals surface area contributed by atoms with Crippen molar-refractivity contribution >= 4 is 38.4 Å². The summed E-state index contributed by atoms with van der Waals surface area (Å²) in [5.41, 5.74) is 2.20. The summed E-state index contributed by atoms with van der Waals surface area (Å²) in [5, 5.41) is 19.6. The van der Waals surface area contributed by atoms with Gasteiger partial charge in [-0.25, -0.2) is 0 Å². The number of para-hydroxylation sites is 2. The van der Waals surface area contributed by atoms with Crippen molar-refractivity contribution in [2.75, 3.05) is 6.61 Å². The number of aryl methyl sites for hydroxylation is 2. The molecule has 5 rings (SSSR count). The average Bonchev–Trinajstić information content (AvgIpc) is 3.11. The molecule has 1 atom stereocenters. The fraction of sp³-hybridized carbons (Fsp3) is 0.160. The van der Waals surface area contributed by atoms with Gasteiger partial charge in [0, 0.05) is 16.4 Å². The molecule has 166 valence electrons. The zero-order chi connectivity index (χ0) is 22.8. The van der Waals surface area contributed by atoms with Crippen molar-refractivity contribution in [1.82, 2.24) is 4.57 Å². The highest BCUT2D eigenvalue weighted by Crippen LogP contribution is 2.40. The maximum absolute atomic E-state index is 12.6. The Morgan fingerprint density at radius 1 is 1.06 bits per heavy atom. The van der Waals surface area contributed by atoms with E-state index in [9.17, 15) is 9.90 Å². The number of aromatic nitrogens is 1. The summed E-state index contributed by atoms with van der Waals surface area (Å²) >= 11 is 3.47. The van der Waals surface area contributed by atoms with Gasteiger partial charge in [-0.1, -0.05) is 58.4 Å². The smallest absolute Gasteiger partial charge is 0.308 e. The lowest BCUT2D eigenvalue weighted by Crippen LogP contribution is -2.35. The minimum Gasteiger partial charge on any atom is -0.493 e. The Hall–Kier alpha value is -3.65. The normalized spacial score (nSPS) is 15.2. The van der Waals surface area contributed by atoms with Crippen LogP contribution >= 0.6 is 15.9 Å². The molecule has 0 aliphatic carbocycles. The van der Waals surface area contributed by atoms with Crippen LogP contribution in [0.15, 0.2) is 87.5 Å². The zero-order valence-electron chi connectivity index (χ0n) is 17.5. The van der Waals surface area contributed by atoms with Crippen molar-refractivity contribution < 1.29 is 19.4 Å². The van der Waals surface area contributed by atoms with E-state index in [0.29, 0.717) is 23.4 Å². The van der Waals surface area contributed by atoms with Crippen molar-refractivity contribution in [2.24, 2.45) is 10.2 Å². The molecule has 0 saturated heterocycles. The van der Waals surface area contributed by atoms with Gasteiger partial charge >= 0.3 is 5.91 Å². The number of fused-ring (bicyclic) bond motifs is 2. The SMILES string of the molecule is O=C(N=Nc1c(O)n(CCc2ccccc2)c2ccc(Br)cc12)[C@H]1COc2ccccc2O1. The Morgan fingerprint density at radius 3 is 2.64 bits per heavy atom. The van der Waals surface area contributed by atoms with Crippen molar-refractivity contribution in [2.45, 2.75) is 19.1 Å². The molecular formula is C25H20BrN3O4. The highest BCUT2D eigenvalue weighted by Gasteiger charge is 2.27. The summed E-state index contributed by atoms with van der Waals surface area (Å²) in [5.74, 6) is 0.454. The van der Waals surface area contributed by atoms with Gasteiger partial charge in [-0.05, 0) is 42.3 Å². The van der Waals surface area contributed by atoms with Crippen molar-refractivity contribution in [3.8, 4) is 17.4 Å². The molecule has 0 bridgehead atoms. The predicted molar refractivity (Wildman–Crippen MR) is 127 cm³/mol. The second-order valence-corrected chi connectivity index (χ2v) is 8.54. The van der Waals surface area contributed by atoms with Crippen LogP contribution in [0.1, 0.15) is 5.56 Å². The average molecular weight is 506 g/mol. The van der Waals surface area contributed by atoms with Crippen LogP contribution < -0.4 is 9.47 Å². The number of amides is 1. The van der Waals surface area contributed by atoms with E-state index >= 15 is 0 Å². The molecule has 0 radical (unpaired) electrons. The molecule has 8 heteroatoms. The summed E-state index contributed by atoms with van der Waals surface area (Å²) in [7, 11) is 0. The minimum absolute atomic E-state index is 0.0401. The van der Waals surface area contributed by atoms with Gasteiger partial charge in [0.25, 0.3) is 0 Å². The minimum atomic E-state index is -0.899. The van der Waals surface area contributed by atoms with Crippen LogP contribution in [0.25, 0.3) is 10.9 Å². The van der Waals surface area contributed by atoms with Crippen LogP contribution in [0.4, 0.5) is 5.69 Å². The molecule has 7 nitrogen and oxygen atoms in total. The van der Waals surface area contributed by atoms with Gasteiger partial charge in [0.1, 0.15) is 6.61 Å². The summed E-state index contributed by atoms with van der Waals surface area (Å²) < 4.78 is 13.9. The molecule has 1 amide bonds. The van der Waals surface area contributed by atoms with E-state index in [4.69, 9.17) is 9.47 Å². The van der Waals surface area contributed by atoms with Crippen molar-refractivity contribution in [3.05, 3.63) is 82.8 Å².